The SMILES string of the molecule is CCCCCCCCCCCCCCC(C(N)=O)C(O)CC.CCCCCCCCCCCCCCCCOOCC. The number of carbonyl (C=O) groups is 1. The molecule has 0 aliphatic rings. The number of primary amides is 1. The molecule has 0 aromatic carbocycles. The lowest BCUT2D eigenvalue weighted by molar-refractivity contribution is -0.291. The summed E-state index contributed by atoms with van der Waals surface area (Å²) < 4.78 is 0. The Balaban J connectivity index is 0. The van der Waals surface area contributed by atoms with E-state index in [4.69, 9.17) is 15.5 Å². The van der Waals surface area contributed by atoms with E-state index >= 15 is 0 Å². The second kappa shape index (κ2) is 38.4. The van der Waals surface area contributed by atoms with E-state index in [1.165, 1.54) is 148 Å². The minimum absolute atomic E-state index is 0.350. The molecule has 0 fully saturated rings. The van der Waals surface area contributed by atoms with E-state index in [2.05, 4.69) is 13.8 Å². The van der Waals surface area contributed by atoms with Crippen LogP contribution in [0.2, 0.25) is 0 Å². The van der Waals surface area contributed by atoms with Crippen LogP contribution in [0.3, 0.4) is 0 Å². The van der Waals surface area contributed by atoms with Gasteiger partial charge in [-0.3, -0.25) is 4.79 Å². The summed E-state index contributed by atoms with van der Waals surface area (Å²) in [6, 6.07) is 0. The van der Waals surface area contributed by atoms with Crippen LogP contribution in [0.15, 0.2) is 0 Å². The Bertz CT molecular complexity index is 484. The number of rotatable bonds is 33. The maximum Gasteiger partial charge on any atom is 0.223 e. The molecule has 0 saturated carbocycles. The number of hydrogen-bond acceptors (Lipinski definition) is 4. The third-order valence-electron chi connectivity index (χ3n) is 8.40. The van der Waals surface area contributed by atoms with Gasteiger partial charge in [0.15, 0.2) is 0 Å². The highest BCUT2D eigenvalue weighted by Crippen LogP contribution is 2.18. The van der Waals surface area contributed by atoms with E-state index in [9.17, 15) is 9.90 Å². The van der Waals surface area contributed by atoms with Crippen LogP contribution in [0.1, 0.15) is 207 Å². The van der Waals surface area contributed by atoms with Crippen molar-refractivity contribution in [3.8, 4) is 0 Å². The van der Waals surface area contributed by atoms with Crippen molar-refractivity contribution in [1.29, 1.82) is 0 Å². The largest absolute Gasteiger partial charge is 0.392 e. The Morgan fingerprint density at radius 3 is 1.17 bits per heavy atom. The molecule has 5 heteroatoms. The average Bonchev–Trinajstić information content (AvgIpc) is 2.99. The molecule has 0 spiro atoms. The van der Waals surface area contributed by atoms with Crippen LogP contribution in [0, 0.1) is 5.92 Å². The third kappa shape index (κ3) is 35.5. The van der Waals surface area contributed by atoms with Gasteiger partial charge in [0.05, 0.1) is 25.2 Å². The van der Waals surface area contributed by atoms with Crippen LogP contribution in [-0.2, 0) is 14.6 Å². The molecule has 0 bridgehead atoms. The number of unbranched alkanes of at least 4 members (excludes halogenated alkanes) is 24. The zero-order valence-corrected chi connectivity index (χ0v) is 29.1. The van der Waals surface area contributed by atoms with Crippen molar-refractivity contribution in [3.63, 3.8) is 0 Å². The molecule has 0 aromatic heterocycles. The number of amides is 1. The fourth-order valence-corrected chi connectivity index (χ4v) is 5.51. The van der Waals surface area contributed by atoms with Crippen LogP contribution in [0.4, 0.5) is 0 Å². The molecule has 3 N–H and O–H groups in total. The molecular formula is C37H77NO4. The van der Waals surface area contributed by atoms with Gasteiger partial charge < -0.3 is 10.8 Å². The first-order valence-electron chi connectivity index (χ1n) is 18.8. The molecule has 42 heavy (non-hydrogen) atoms. The lowest BCUT2D eigenvalue weighted by atomic mass is 9.93. The van der Waals surface area contributed by atoms with Crippen LogP contribution < -0.4 is 5.73 Å². The van der Waals surface area contributed by atoms with E-state index in [1.807, 2.05) is 13.8 Å². The molecule has 0 radical (unpaired) electrons. The highest BCUT2D eigenvalue weighted by atomic mass is 17.2. The number of hydrogen-bond donors (Lipinski definition) is 2. The molecular weight excluding hydrogens is 522 g/mol. The highest BCUT2D eigenvalue weighted by molar-refractivity contribution is 5.77. The zero-order chi connectivity index (χ0) is 31.4. The van der Waals surface area contributed by atoms with Crippen LogP contribution in [0.25, 0.3) is 0 Å². The van der Waals surface area contributed by atoms with Gasteiger partial charge in [0.2, 0.25) is 5.91 Å². The molecule has 0 aromatic rings. The number of aliphatic hydroxyl groups excluding tert-OH is 1. The van der Waals surface area contributed by atoms with Crippen LogP contribution in [-0.4, -0.2) is 30.3 Å². The van der Waals surface area contributed by atoms with Crippen LogP contribution >= 0.6 is 0 Å². The van der Waals surface area contributed by atoms with E-state index < -0.39 is 6.10 Å². The Labute approximate surface area is 263 Å². The van der Waals surface area contributed by atoms with Crippen LogP contribution in [0.5, 0.6) is 0 Å². The van der Waals surface area contributed by atoms with Gasteiger partial charge in [-0.2, -0.15) is 0 Å². The normalized spacial score (nSPS) is 12.6. The summed E-state index contributed by atoms with van der Waals surface area (Å²) in [4.78, 5) is 21.1. The average molecular weight is 600 g/mol. The quantitative estimate of drug-likeness (QED) is 0.0446. The molecule has 1 amide bonds. The highest BCUT2D eigenvalue weighted by Gasteiger charge is 2.22. The maximum atomic E-state index is 11.3. The summed E-state index contributed by atoms with van der Waals surface area (Å²) >= 11 is 0. The van der Waals surface area contributed by atoms with Gasteiger partial charge >= 0.3 is 0 Å². The van der Waals surface area contributed by atoms with E-state index in [-0.39, 0.29) is 11.8 Å². The first kappa shape index (κ1) is 43.5. The molecule has 2 atom stereocenters. The van der Waals surface area contributed by atoms with Crippen molar-refractivity contribution in [2.75, 3.05) is 13.2 Å². The lowest BCUT2D eigenvalue weighted by Gasteiger charge is -2.18. The molecule has 0 aliphatic carbocycles. The second-order valence-electron chi connectivity index (χ2n) is 12.5. The molecule has 5 nitrogen and oxygen atoms in total. The predicted molar refractivity (Wildman–Crippen MR) is 183 cm³/mol. The van der Waals surface area contributed by atoms with Gasteiger partial charge in [0.1, 0.15) is 0 Å². The molecule has 254 valence electrons. The predicted octanol–water partition coefficient (Wildman–Crippen LogP) is 11.4. The monoisotopic (exact) mass is 600 g/mol. The van der Waals surface area contributed by atoms with Gasteiger partial charge in [-0.25, -0.2) is 9.78 Å². The first-order valence-corrected chi connectivity index (χ1v) is 18.8. The molecule has 0 heterocycles. The fraction of sp³-hybridized carbons (Fsp3) is 0.973. The topological polar surface area (TPSA) is 81.8 Å². The van der Waals surface area contributed by atoms with Gasteiger partial charge in [-0.1, -0.05) is 181 Å². The Morgan fingerprint density at radius 1 is 0.524 bits per heavy atom. The summed E-state index contributed by atoms with van der Waals surface area (Å²) in [5, 5.41) is 9.76. The molecule has 0 aliphatic heterocycles. The molecule has 2 unspecified atom stereocenters. The summed E-state index contributed by atoms with van der Waals surface area (Å²) in [5.74, 6) is -0.703. The maximum absolute atomic E-state index is 11.3. The molecule has 0 rings (SSSR count). The van der Waals surface area contributed by atoms with Crippen molar-refractivity contribution in [1.82, 2.24) is 0 Å². The summed E-state index contributed by atoms with van der Waals surface area (Å²) in [6.07, 6.45) is 36.0. The van der Waals surface area contributed by atoms with Crippen molar-refractivity contribution < 1.29 is 19.7 Å². The van der Waals surface area contributed by atoms with Gasteiger partial charge in [-0.15, -0.1) is 0 Å². The van der Waals surface area contributed by atoms with E-state index in [1.54, 1.807) is 0 Å². The number of nitrogens with two attached hydrogens (primary N) is 1. The Hall–Kier alpha value is -0.650. The van der Waals surface area contributed by atoms with Gasteiger partial charge in [-0.05, 0) is 26.2 Å². The first-order chi connectivity index (χ1) is 20.5. The lowest BCUT2D eigenvalue weighted by Crippen LogP contribution is -2.33. The van der Waals surface area contributed by atoms with E-state index in [0.717, 1.165) is 32.3 Å². The van der Waals surface area contributed by atoms with Gasteiger partial charge in [0.25, 0.3) is 0 Å². The number of carbonyl (C=O) groups excluding carboxylic acids is 1. The second-order valence-corrected chi connectivity index (χ2v) is 12.5. The van der Waals surface area contributed by atoms with E-state index in [0.29, 0.717) is 13.0 Å². The summed E-state index contributed by atoms with van der Waals surface area (Å²) in [6.45, 7) is 9.79. The van der Waals surface area contributed by atoms with Crippen molar-refractivity contribution in [3.05, 3.63) is 0 Å². The minimum atomic E-state index is -0.565. The van der Waals surface area contributed by atoms with Crippen molar-refractivity contribution in [2.45, 2.75) is 214 Å². The fourth-order valence-electron chi connectivity index (χ4n) is 5.51. The summed E-state index contributed by atoms with van der Waals surface area (Å²) in [7, 11) is 0. The Morgan fingerprint density at radius 2 is 0.857 bits per heavy atom. The standard InChI is InChI=1S/C19H39NO2.C18H38O2/c1-3-5-6-7-8-9-10-11-12-13-14-15-16-17(19(20)22)18(21)4-2;1-3-5-6-7-8-9-10-11-12-13-14-15-16-17-18-20-19-4-2/h17-18,21H,3-16H2,1-2H3,(H2,20,22);3-18H2,1-2H3. The van der Waals surface area contributed by atoms with Crippen molar-refractivity contribution in [2.24, 2.45) is 11.7 Å². The Kier molecular flexibility index (Phi) is 39.7. The van der Waals surface area contributed by atoms with Crippen molar-refractivity contribution >= 4 is 5.91 Å². The number of aliphatic hydroxyl groups is 1. The van der Waals surface area contributed by atoms with Gasteiger partial charge in [0, 0.05) is 0 Å². The minimum Gasteiger partial charge on any atom is -0.392 e. The molecule has 0 saturated heterocycles. The smallest absolute Gasteiger partial charge is 0.223 e. The zero-order valence-electron chi connectivity index (χ0n) is 29.1. The summed E-state index contributed by atoms with van der Waals surface area (Å²) in [5.41, 5.74) is 5.35. The third-order valence-corrected chi connectivity index (χ3v) is 8.40.